The van der Waals surface area contributed by atoms with E-state index in [-0.39, 0.29) is 18.9 Å². The number of carboxylic acids is 2. The fourth-order valence-electron chi connectivity index (χ4n) is 2.90. The van der Waals surface area contributed by atoms with Gasteiger partial charge in [-0.05, 0) is 11.5 Å². The Hall–Kier alpha value is -3.47. The van der Waals surface area contributed by atoms with Crippen molar-refractivity contribution in [3.05, 3.63) is 35.9 Å². The van der Waals surface area contributed by atoms with Gasteiger partial charge in [-0.2, -0.15) is 0 Å². The van der Waals surface area contributed by atoms with Gasteiger partial charge in [0.2, 0.25) is 17.7 Å². The van der Waals surface area contributed by atoms with Crippen LogP contribution < -0.4 is 21.7 Å². The van der Waals surface area contributed by atoms with Crippen LogP contribution in [0.3, 0.4) is 0 Å². The van der Waals surface area contributed by atoms with E-state index in [0.717, 1.165) is 0 Å². The van der Waals surface area contributed by atoms with Crippen molar-refractivity contribution in [2.45, 2.75) is 51.2 Å². The topological polar surface area (TPSA) is 188 Å². The highest BCUT2D eigenvalue weighted by molar-refractivity contribution is 5.95. The predicted octanol–water partition coefficient (Wildman–Crippen LogP) is -0.752. The molecule has 0 fully saturated rings. The van der Waals surface area contributed by atoms with Crippen LogP contribution in [0.25, 0.3) is 0 Å². The van der Waals surface area contributed by atoms with Crippen LogP contribution in [0.2, 0.25) is 0 Å². The quantitative estimate of drug-likeness (QED) is 0.226. The van der Waals surface area contributed by atoms with Crippen molar-refractivity contribution in [2.75, 3.05) is 6.54 Å². The molecule has 11 heteroatoms. The van der Waals surface area contributed by atoms with Crippen molar-refractivity contribution in [3.63, 3.8) is 0 Å². The van der Waals surface area contributed by atoms with Gasteiger partial charge in [0.05, 0.1) is 13.0 Å². The highest BCUT2D eigenvalue weighted by Crippen LogP contribution is 2.09. The first kappa shape index (κ1) is 26.6. The molecule has 0 aliphatic carbocycles. The van der Waals surface area contributed by atoms with Gasteiger partial charge < -0.3 is 31.9 Å². The molecule has 0 saturated heterocycles. The third-order valence-electron chi connectivity index (χ3n) is 4.91. The number of carbonyl (C=O) groups is 5. The van der Waals surface area contributed by atoms with Crippen LogP contribution in [-0.2, 0) is 30.4 Å². The first-order chi connectivity index (χ1) is 15.1. The molecule has 11 nitrogen and oxygen atoms in total. The minimum atomic E-state index is -1.54. The normalized spacial score (nSPS) is 14.3. The third-order valence-corrected chi connectivity index (χ3v) is 4.91. The molecule has 0 saturated carbocycles. The number of hydrogen-bond acceptors (Lipinski definition) is 6. The summed E-state index contributed by atoms with van der Waals surface area (Å²) in [5, 5.41) is 25.7. The van der Waals surface area contributed by atoms with Gasteiger partial charge in [-0.25, -0.2) is 4.79 Å². The lowest BCUT2D eigenvalue weighted by Gasteiger charge is -2.26. The standard InChI is InChI=1S/C21H30N4O7/c1-3-12(2)18(25-16(26)11-22)20(30)23-14(10-17(27)28)19(29)24-15(21(31)32)9-13-7-5-4-6-8-13/h4-8,12,14-15,18H,3,9-11,22H2,1-2H3,(H,23,30)(H,24,29)(H,25,26)(H,27,28)(H,31,32). The Labute approximate surface area is 185 Å². The number of amides is 3. The maximum absolute atomic E-state index is 12.7. The van der Waals surface area contributed by atoms with E-state index in [4.69, 9.17) is 10.8 Å². The molecule has 1 aromatic rings. The van der Waals surface area contributed by atoms with E-state index in [1.165, 1.54) is 0 Å². The van der Waals surface area contributed by atoms with E-state index in [9.17, 15) is 29.1 Å². The van der Waals surface area contributed by atoms with Crippen LogP contribution in [0, 0.1) is 5.92 Å². The summed E-state index contributed by atoms with van der Waals surface area (Å²) < 4.78 is 0. The summed E-state index contributed by atoms with van der Waals surface area (Å²) in [6.07, 6.45) is -0.290. The Morgan fingerprint density at radius 2 is 1.53 bits per heavy atom. The molecular weight excluding hydrogens is 420 g/mol. The number of nitrogens with two attached hydrogens (primary N) is 1. The van der Waals surface area contributed by atoms with Gasteiger partial charge in [-0.1, -0.05) is 50.6 Å². The van der Waals surface area contributed by atoms with Crippen LogP contribution in [0.4, 0.5) is 0 Å². The molecule has 0 aliphatic rings. The van der Waals surface area contributed by atoms with E-state index in [1.54, 1.807) is 44.2 Å². The molecule has 0 aromatic heterocycles. The Balaban J connectivity index is 2.99. The summed E-state index contributed by atoms with van der Waals surface area (Å²) in [7, 11) is 0. The highest BCUT2D eigenvalue weighted by atomic mass is 16.4. The summed E-state index contributed by atoms with van der Waals surface area (Å²) in [4.78, 5) is 60.0. The van der Waals surface area contributed by atoms with Gasteiger partial charge in [0.1, 0.15) is 18.1 Å². The number of hydrogen-bond donors (Lipinski definition) is 6. The Bertz CT molecular complexity index is 816. The molecule has 3 amide bonds. The second-order valence-corrected chi connectivity index (χ2v) is 7.38. The van der Waals surface area contributed by atoms with Crippen molar-refractivity contribution in [3.8, 4) is 0 Å². The van der Waals surface area contributed by atoms with Gasteiger partial charge in [0, 0.05) is 6.42 Å². The lowest BCUT2D eigenvalue weighted by Crippen LogP contribution is -2.58. The molecule has 0 bridgehead atoms. The molecule has 4 unspecified atom stereocenters. The largest absolute Gasteiger partial charge is 0.481 e. The fraction of sp³-hybridized carbons (Fsp3) is 0.476. The first-order valence-electron chi connectivity index (χ1n) is 10.2. The molecule has 0 heterocycles. The van der Waals surface area contributed by atoms with Crippen LogP contribution in [0.1, 0.15) is 32.3 Å². The lowest BCUT2D eigenvalue weighted by molar-refractivity contribution is -0.143. The first-order valence-corrected chi connectivity index (χ1v) is 10.2. The average molecular weight is 450 g/mol. The predicted molar refractivity (Wildman–Crippen MR) is 114 cm³/mol. The van der Waals surface area contributed by atoms with Crippen LogP contribution >= 0.6 is 0 Å². The van der Waals surface area contributed by atoms with E-state index in [1.807, 2.05) is 0 Å². The maximum Gasteiger partial charge on any atom is 0.326 e. The van der Waals surface area contributed by atoms with Gasteiger partial charge in [0.25, 0.3) is 0 Å². The second kappa shape index (κ2) is 13.1. The molecular formula is C21H30N4O7. The average Bonchev–Trinajstić information content (AvgIpc) is 2.75. The molecule has 176 valence electrons. The smallest absolute Gasteiger partial charge is 0.326 e. The van der Waals surface area contributed by atoms with Crippen molar-refractivity contribution < 1.29 is 34.2 Å². The van der Waals surface area contributed by atoms with E-state index in [2.05, 4.69) is 16.0 Å². The second-order valence-electron chi connectivity index (χ2n) is 7.38. The molecule has 4 atom stereocenters. The monoisotopic (exact) mass is 450 g/mol. The summed E-state index contributed by atoms with van der Waals surface area (Å²) >= 11 is 0. The zero-order valence-electron chi connectivity index (χ0n) is 18.0. The van der Waals surface area contributed by atoms with Crippen LogP contribution in [-0.4, -0.2) is 64.5 Å². The highest BCUT2D eigenvalue weighted by Gasteiger charge is 2.32. The zero-order chi connectivity index (χ0) is 24.3. The minimum absolute atomic E-state index is 0.0301. The lowest BCUT2D eigenvalue weighted by atomic mass is 9.97. The maximum atomic E-state index is 12.7. The summed E-state index contributed by atoms with van der Waals surface area (Å²) in [5.74, 6) is -5.32. The Morgan fingerprint density at radius 1 is 0.938 bits per heavy atom. The number of carboxylic acid groups (broad SMARTS) is 2. The van der Waals surface area contributed by atoms with Gasteiger partial charge in [-0.3, -0.25) is 19.2 Å². The number of rotatable bonds is 13. The Kier molecular flexibility index (Phi) is 10.8. The minimum Gasteiger partial charge on any atom is -0.481 e. The van der Waals surface area contributed by atoms with Crippen LogP contribution in [0.5, 0.6) is 0 Å². The number of aliphatic carboxylic acids is 2. The molecule has 0 aliphatic heterocycles. The summed E-state index contributed by atoms with van der Waals surface area (Å²) in [6, 6.07) is 4.65. The van der Waals surface area contributed by atoms with Gasteiger partial charge in [-0.15, -0.1) is 0 Å². The van der Waals surface area contributed by atoms with Crippen molar-refractivity contribution >= 4 is 29.7 Å². The van der Waals surface area contributed by atoms with E-state index < -0.39 is 54.2 Å². The van der Waals surface area contributed by atoms with Crippen molar-refractivity contribution in [1.82, 2.24) is 16.0 Å². The molecule has 7 N–H and O–H groups in total. The molecule has 1 aromatic carbocycles. The number of carbonyl (C=O) groups excluding carboxylic acids is 3. The number of nitrogens with one attached hydrogen (secondary N) is 3. The fourth-order valence-corrected chi connectivity index (χ4v) is 2.90. The number of benzene rings is 1. The molecule has 0 radical (unpaired) electrons. The van der Waals surface area contributed by atoms with Crippen molar-refractivity contribution in [2.24, 2.45) is 11.7 Å². The van der Waals surface area contributed by atoms with Crippen LogP contribution in [0.15, 0.2) is 30.3 Å². The summed E-state index contributed by atoms with van der Waals surface area (Å²) in [6.45, 7) is 3.15. The molecule has 0 spiro atoms. The third kappa shape index (κ3) is 8.72. The zero-order valence-corrected chi connectivity index (χ0v) is 18.0. The summed E-state index contributed by atoms with van der Waals surface area (Å²) in [5.41, 5.74) is 5.94. The van der Waals surface area contributed by atoms with E-state index in [0.29, 0.717) is 12.0 Å². The SMILES string of the molecule is CCC(C)C(NC(=O)CN)C(=O)NC(CC(=O)O)C(=O)NC(Cc1ccccc1)C(=O)O. The van der Waals surface area contributed by atoms with Gasteiger partial charge in [0.15, 0.2) is 0 Å². The Morgan fingerprint density at radius 3 is 2.03 bits per heavy atom. The van der Waals surface area contributed by atoms with E-state index >= 15 is 0 Å². The van der Waals surface area contributed by atoms with Gasteiger partial charge >= 0.3 is 11.9 Å². The molecule has 1 rings (SSSR count). The van der Waals surface area contributed by atoms with Crippen molar-refractivity contribution in [1.29, 1.82) is 0 Å². The molecule has 32 heavy (non-hydrogen) atoms.